The number of carbonyl (C=O) groups is 1. The van der Waals surface area contributed by atoms with E-state index in [2.05, 4.69) is 4.98 Å². The first-order chi connectivity index (χ1) is 14.8. The first kappa shape index (κ1) is 19.4. The second-order valence-electron chi connectivity index (χ2n) is 7.78. The molecule has 9 nitrogen and oxygen atoms in total. The van der Waals surface area contributed by atoms with Crippen LogP contribution in [0.3, 0.4) is 0 Å². The third-order valence-corrected chi connectivity index (χ3v) is 6.33. The molecule has 0 amide bonds. The van der Waals surface area contributed by atoms with E-state index in [1.165, 1.54) is 11.5 Å². The van der Waals surface area contributed by atoms with Gasteiger partial charge in [-0.25, -0.2) is 9.78 Å². The van der Waals surface area contributed by atoms with Crippen molar-refractivity contribution in [1.29, 1.82) is 0 Å². The van der Waals surface area contributed by atoms with Gasteiger partial charge in [-0.2, -0.15) is 0 Å². The molecule has 0 aliphatic carbocycles. The third kappa shape index (κ3) is 2.37. The van der Waals surface area contributed by atoms with Crippen LogP contribution in [0.25, 0.3) is 22.3 Å². The van der Waals surface area contributed by atoms with Crippen molar-refractivity contribution in [3.05, 3.63) is 67.0 Å². The second kappa shape index (κ2) is 6.45. The van der Waals surface area contributed by atoms with Crippen molar-refractivity contribution < 1.29 is 19.6 Å². The largest absolute Gasteiger partial charge is 0.458 e. The van der Waals surface area contributed by atoms with E-state index < -0.39 is 34.3 Å². The van der Waals surface area contributed by atoms with Gasteiger partial charge in [0, 0.05) is 10.9 Å². The van der Waals surface area contributed by atoms with Crippen LogP contribution in [0.15, 0.2) is 29.1 Å². The number of rotatable bonds is 3. The lowest BCUT2D eigenvalue weighted by atomic mass is 9.84. The van der Waals surface area contributed by atoms with Crippen molar-refractivity contribution in [2.75, 3.05) is 0 Å². The zero-order valence-corrected chi connectivity index (χ0v) is 17.0. The second-order valence-corrected chi connectivity index (χ2v) is 7.78. The molecule has 0 radical (unpaired) electrons. The maximum Gasteiger partial charge on any atom is 0.343 e. The molecule has 0 saturated carbocycles. The Bertz CT molecular complexity index is 1380. The molecule has 5 rings (SSSR count). The number of hydrogen-bond donors (Lipinski definition) is 1. The summed E-state index contributed by atoms with van der Waals surface area (Å²) < 4.78 is 6.35. The zero-order valence-electron chi connectivity index (χ0n) is 17.0. The summed E-state index contributed by atoms with van der Waals surface area (Å²) in [6.07, 6.45) is 0.489. The smallest absolute Gasteiger partial charge is 0.343 e. The number of ether oxygens (including phenoxy) is 1. The number of para-hydroxylation sites is 1. The van der Waals surface area contributed by atoms with Crippen molar-refractivity contribution in [1.82, 2.24) is 9.55 Å². The zero-order chi connectivity index (χ0) is 22.1. The van der Waals surface area contributed by atoms with E-state index in [0.29, 0.717) is 17.6 Å². The van der Waals surface area contributed by atoms with Crippen LogP contribution in [-0.4, -0.2) is 25.6 Å². The summed E-state index contributed by atoms with van der Waals surface area (Å²) in [5.74, 6) is -0.992. The van der Waals surface area contributed by atoms with Crippen molar-refractivity contribution in [2.24, 2.45) is 0 Å². The fourth-order valence-corrected chi connectivity index (χ4v) is 4.84. The average molecular weight is 421 g/mol. The van der Waals surface area contributed by atoms with Crippen LogP contribution in [0.4, 0.5) is 5.69 Å². The van der Waals surface area contributed by atoms with E-state index in [1.807, 2.05) is 31.2 Å². The minimum atomic E-state index is -2.27. The summed E-state index contributed by atoms with van der Waals surface area (Å²) in [5, 5.41) is 24.3. The molecule has 0 fully saturated rings. The Labute approximate surface area is 176 Å². The molecule has 0 spiro atoms. The van der Waals surface area contributed by atoms with Gasteiger partial charge in [0.05, 0.1) is 33.8 Å². The van der Waals surface area contributed by atoms with Crippen LogP contribution in [-0.2, 0) is 34.7 Å². The summed E-state index contributed by atoms with van der Waals surface area (Å²) in [6.45, 7) is 3.22. The van der Waals surface area contributed by atoms with Gasteiger partial charge in [-0.3, -0.25) is 19.5 Å². The number of nitro groups is 1. The molecule has 2 aliphatic rings. The first-order valence-corrected chi connectivity index (χ1v) is 10.1. The van der Waals surface area contributed by atoms with E-state index in [9.17, 15) is 24.8 Å². The van der Waals surface area contributed by atoms with Crippen molar-refractivity contribution >= 4 is 22.6 Å². The van der Waals surface area contributed by atoms with Gasteiger partial charge in [0.25, 0.3) is 5.56 Å². The molecule has 2 aliphatic heterocycles. The molecule has 0 bridgehead atoms. The predicted molar refractivity (Wildman–Crippen MR) is 111 cm³/mol. The lowest BCUT2D eigenvalue weighted by Crippen LogP contribution is -2.45. The van der Waals surface area contributed by atoms with Crippen LogP contribution >= 0.6 is 0 Å². The van der Waals surface area contributed by atoms with Crippen molar-refractivity contribution in [3.63, 3.8) is 0 Å². The Morgan fingerprint density at radius 3 is 2.68 bits per heavy atom. The fourth-order valence-electron chi connectivity index (χ4n) is 4.84. The molecule has 9 heteroatoms. The molecule has 1 atom stereocenters. The highest BCUT2D eigenvalue weighted by Crippen LogP contribution is 2.47. The Hall–Kier alpha value is -3.59. The van der Waals surface area contributed by atoms with Crippen LogP contribution in [0.1, 0.15) is 42.5 Å². The molecule has 1 N–H and O–H groups in total. The molecule has 2 aromatic heterocycles. The molecular formula is C22H19N3O6. The Morgan fingerprint density at radius 2 is 2.00 bits per heavy atom. The minimum absolute atomic E-state index is 0.0331. The SMILES string of the molecule is CCc1c2c(nc3ccccc13)-c1c([N+](=O)[O-])c3c(c(=O)n1C2)COC(=O)[C@]3(O)CC. The number of cyclic esters (lactones) is 1. The molecule has 1 aromatic carbocycles. The number of aliphatic hydroxyl groups is 1. The Kier molecular flexibility index (Phi) is 4.03. The average Bonchev–Trinajstić information content (AvgIpc) is 3.14. The van der Waals surface area contributed by atoms with Crippen LogP contribution < -0.4 is 5.56 Å². The minimum Gasteiger partial charge on any atom is -0.458 e. The van der Waals surface area contributed by atoms with Gasteiger partial charge in [0.1, 0.15) is 12.3 Å². The number of pyridine rings is 2. The predicted octanol–water partition coefficient (Wildman–Crippen LogP) is 2.55. The first-order valence-electron chi connectivity index (χ1n) is 10.1. The summed E-state index contributed by atoms with van der Waals surface area (Å²) in [5.41, 5.74) is -0.814. The molecule has 158 valence electrons. The Morgan fingerprint density at radius 1 is 1.26 bits per heavy atom. The van der Waals surface area contributed by atoms with Gasteiger partial charge in [-0.15, -0.1) is 0 Å². The number of nitrogens with zero attached hydrogens (tertiary/aromatic N) is 3. The third-order valence-electron chi connectivity index (χ3n) is 6.33. The van der Waals surface area contributed by atoms with Crippen molar-refractivity contribution in [2.45, 2.75) is 45.4 Å². The monoisotopic (exact) mass is 421 g/mol. The van der Waals surface area contributed by atoms with Crippen LogP contribution in [0.2, 0.25) is 0 Å². The quantitative estimate of drug-likeness (QED) is 0.306. The van der Waals surface area contributed by atoms with Gasteiger partial charge < -0.3 is 9.84 Å². The summed E-state index contributed by atoms with van der Waals surface area (Å²) in [6, 6.07) is 7.49. The molecule has 4 heterocycles. The number of hydrogen-bond acceptors (Lipinski definition) is 7. The lowest BCUT2D eigenvalue weighted by molar-refractivity contribution is -0.386. The summed E-state index contributed by atoms with van der Waals surface area (Å²) >= 11 is 0. The van der Waals surface area contributed by atoms with Crippen LogP contribution in [0, 0.1) is 10.1 Å². The Balaban J connectivity index is 1.96. The number of aryl methyl sites for hydroxylation is 1. The standard InChI is InChI=1S/C22H19N3O6/c1-3-11-12-7-5-6-8-15(12)23-17-13(11)9-24-19(17)18(25(29)30)16-14(20(24)26)10-31-21(27)22(16,28)4-2/h5-8,28H,3-4,9-10H2,1-2H3/t22-/m0/s1. The molecular weight excluding hydrogens is 402 g/mol. The molecule has 0 saturated heterocycles. The highest BCUT2D eigenvalue weighted by Gasteiger charge is 2.51. The maximum absolute atomic E-state index is 13.4. The number of esters is 1. The van der Waals surface area contributed by atoms with E-state index in [1.54, 1.807) is 0 Å². The normalized spacial score (nSPS) is 19.0. The van der Waals surface area contributed by atoms with Gasteiger partial charge in [-0.05, 0) is 24.5 Å². The number of aromatic nitrogens is 2. The van der Waals surface area contributed by atoms with E-state index in [0.717, 1.165) is 16.5 Å². The van der Waals surface area contributed by atoms with Crippen molar-refractivity contribution in [3.8, 4) is 11.4 Å². The van der Waals surface area contributed by atoms with E-state index >= 15 is 0 Å². The lowest BCUT2D eigenvalue weighted by Gasteiger charge is -2.31. The van der Waals surface area contributed by atoms with Gasteiger partial charge >= 0.3 is 11.7 Å². The topological polar surface area (TPSA) is 125 Å². The van der Waals surface area contributed by atoms with Crippen LogP contribution in [0.5, 0.6) is 0 Å². The summed E-state index contributed by atoms with van der Waals surface area (Å²) in [4.78, 5) is 42.1. The van der Waals surface area contributed by atoms with Gasteiger partial charge in [0.15, 0.2) is 5.60 Å². The molecule has 0 unspecified atom stereocenters. The number of fused-ring (bicyclic) bond motifs is 5. The highest BCUT2D eigenvalue weighted by atomic mass is 16.6. The van der Waals surface area contributed by atoms with E-state index in [4.69, 9.17) is 4.74 Å². The number of carbonyl (C=O) groups excluding carboxylic acids is 1. The molecule has 3 aromatic rings. The maximum atomic E-state index is 13.4. The number of benzene rings is 1. The highest BCUT2D eigenvalue weighted by molar-refractivity contribution is 5.92. The fraction of sp³-hybridized carbons (Fsp3) is 0.318. The van der Waals surface area contributed by atoms with Gasteiger partial charge in [-0.1, -0.05) is 32.0 Å². The van der Waals surface area contributed by atoms with E-state index in [-0.39, 0.29) is 29.8 Å². The molecule has 31 heavy (non-hydrogen) atoms. The van der Waals surface area contributed by atoms with Gasteiger partial charge in [0.2, 0.25) is 0 Å². The summed E-state index contributed by atoms with van der Waals surface area (Å²) in [7, 11) is 0.